The van der Waals surface area contributed by atoms with Gasteiger partial charge in [-0.1, -0.05) is 15.9 Å². The van der Waals surface area contributed by atoms with Crippen LogP contribution in [-0.2, 0) is 16.0 Å². The number of thiophene rings is 1. The Hall–Kier alpha value is -0.390. The predicted molar refractivity (Wildman–Crippen MR) is 65.6 cm³/mol. The Kier molecular flexibility index (Phi) is 6.63. The minimum absolute atomic E-state index is 0.0517. The Morgan fingerprint density at radius 2 is 2.40 bits per heavy atom. The van der Waals surface area contributed by atoms with Gasteiger partial charge in [0.15, 0.2) is 0 Å². The van der Waals surface area contributed by atoms with E-state index < -0.39 is 0 Å². The number of alkyl halides is 1. The summed E-state index contributed by atoms with van der Waals surface area (Å²) in [5.74, 6) is 0.0517. The molecule has 0 spiro atoms. The maximum atomic E-state index is 11.4. The fourth-order valence-corrected chi connectivity index (χ4v) is 1.96. The summed E-state index contributed by atoms with van der Waals surface area (Å²) in [6.45, 7) is 1.83. The number of carbonyl (C=O) groups is 1. The van der Waals surface area contributed by atoms with E-state index in [1.54, 1.807) is 11.3 Å². The molecule has 0 unspecified atom stereocenters. The van der Waals surface area contributed by atoms with Crippen LogP contribution < -0.4 is 5.32 Å². The third kappa shape index (κ3) is 5.92. The molecule has 0 radical (unpaired) electrons. The molecule has 3 nitrogen and oxygen atoms in total. The molecule has 1 heterocycles. The maximum Gasteiger partial charge on any atom is 0.224 e. The van der Waals surface area contributed by atoms with Gasteiger partial charge in [-0.05, 0) is 22.4 Å². The second kappa shape index (κ2) is 7.84. The zero-order valence-electron chi connectivity index (χ0n) is 8.37. The summed E-state index contributed by atoms with van der Waals surface area (Å²) in [5.41, 5.74) is 1.07. The smallest absolute Gasteiger partial charge is 0.224 e. The second-order valence-electron chi connectivity index (χ2n) is 2.96. The first kappa shape index (κ1) is 12.7. The molecule has 0 aliphatic carbocycles. The third-order valence-electron chi connectivity index (χ3n) is 1.73. The molecule has 0 saturated carbocycles. The zero-order chi connectivity index (χ0) is 10.9. The first-order valence-corrected chi connectivity index (χ1v) is 6.81. The van der Waals surface area contributed by atoms with Crippen LogP contribution >= 0.6 is 27.3 Å². The standard InChI is InChI=1S/C10H14BrNO2S/c11-2-4-14-5-3-12-10(13)7-9-1-6-15-8-9/h1,6,8H,2-5,7H2,(H,12,13). The number of hydrogen-bond acceptors (Lipinski definition) is 3. The SMILES string of the molecule is O=C(Cc1ccsc1)NCCOCCBr. The molecule has 0 fully saturated rings. The predicted octanol–water partition coefficient (Wildman–Crippen LogP) is 1.82. The lowest BCUT2D eigenvalue weighted by molar-refractivity contribution is -0.120. The first-order valence-electron chi connectivity index (χ1n) is 4.74. The van der Waals surface area contributed by atoms with Crippen molar-refractivity contribution in [2.45, 2.75) is 6.42 Å². The van der Waals surface area contributed by atoms with Gasteiger partial charge in [-0.3, -0.25) is 4.79 Å². The van der Waals surface area contributed by atoms with Crippen LogP contribution in [0.5, 0.6) is 0 Å². The van der Waals surface area contributed by atoms with Crippen molar-refractivity contribution in [3.63, 3.8) is 0 Å². The highest BCUT2D eigenvalue weighted by Gasteiger charge is 2.02. The fourth-order valence-electron chi connectivity index (χ4n) is 1.06. The number of hydrogen-bond donors (Lipinski definition) is 1. The number of ether oxygens (including phenoxy) is 1. The Balaban J connectivity index is 2.04. The zero-order valence-corrected chi connectivity index (χ0v) is 10.8. The molecule has 0 aliphatic heterocycles. The van der Waals surface area contributed by atoms with Crippen LogP contribution in [0.2, 0.25) is 0 Å². The van der Waals surface area contributed by atoms with E-state index in [-0.39, 0.29) is 5.91 Å². The fraction of sp³-hybridized carbons (Fsp3) is 0.500. The summed E-state index contributed by atoms with van der Waals surface area (Å²) in [6.07, 6.45) is 0.460. The summed E-state index contributed by atoms with van der Waals surface area (Å²) >= 11 is 4.87. The molecule has 5 heteroatoms. The van der Waals surface area contributed by atoms with Crippen LogP contribution in [0.3, 0.4) is 0 Å². The van der Waals surface area contributed by atoms with Crippen LogP contribution in [-0.4, -0.2) is 31.0 Å². The second-order valence-corrected chi connectivity index (χ2v) is 4.53. The number of halogens is 1. The number of carbonyl (C=O) groups excluding carboxylic acids is 1. The summed E-state index contributed by atoms with van der Waals surface area (Å²) in [7, 11) is 0. The van der Waals surface area contributed by atoms with Gasteiger partial charge in [0.2, 0.25) is 5.91 Å². The average Bonchev–Trinajstić information content (AvgIpc) is 2.70. The van der Waals surface area contributed by atoms with Crippen molar-refractivity contribution in [2.75, 3.05) is 25.1 Å². The van der Waals surface area contributed by atoms with Gasteiger partial charge in [-0.25, -0.2) is 0 Å². The molecular formula is C10H14BrNO2S. The van der Waals surface area contributed by atoms with Gasteiger partial charge in [-0.15, -0.1) is 0 Å². The van der Waals surface area contributed by atoms with Gasteiger partial charge < -0.3 is 10.1 Å². The Bertz CT molecular complexity index is 277. The summed E-state index contributed by atoms with van der Waals surface area (Å²) in [5, 5.41) is 7.60. The third-order valence-corrected chi connectivity index (χ3v) is 2.79. The highest BCUT2D eigenvalue weighted by Crippen LogP contribution is 2.05. The van der Waals surface area contributed by atoms with Crippen molar-refractivity contribution in [1.82, 2.24) is 5.32 Å². The van der Waals surface area contributed by atoms with E-state index in [0.29, 0.717) is 26.2 Å². The van der Waals surface area contributed by atoms with E-state index in [4.69, 9.17) is 4.74 Å². The van der Waals surface area contributed by atoms with E-state index in [1.165, 1.54) is 0 Å². The molecule has 0 saturated heterocycles. The molecule has 0 bridgehead atoms. The van der Waals surface area contributed by atoms with E-state index in [0.717, 1.165) is 10.9 Å². The molecule has 1 rings (SSSR count). The van der Waals surface area contributed by atoms with Crippen molar-refractivity contribution in [3.8, 4) is 0 Å². The van der Waals surface area contributed by atoms with Gasteiger partial charge >= 0.3 is 0 Å². The summed E-state index contributed by atoms with van der Waals surface area (Å²) in [4.78, 5) is 11.4. The normalized spacial score (nSPS) is 10.2. The van der Waals surface area contributed by atoms with Crippen molar-refractivity contribution < 1.29 is 9.53 Å². The number of nitrogens with one attached hydrogen (secondary N) is 1. The van der Waals surface area contributed by atoms with Crippen molar-refractivity contribution >= 4 is 33.2 Å². The van der Waals surface area contributed by atoms with Crippen molar-refractivity contribution in [2.24, 2.45) is 0 Å². The Morgan fingerprint density at radius 1 is 1.53 bits per heavy atom. The molecule has 1 N–H and O–H groups in total. The van der Waals surface area contributed by atoms with Gasteiger partial charge in [0.25, 0.3) is 0 Å². The van der Waals surface area contributed by atoms with Crippen molar-refractivity contribution in [1.29, 1.82) is 0 Å². The van der Waals surface area contributed by atoms with Gasteiger partial charge in [-0.2, -0.15) is 11.3 Å². The maximum absolute atomic E-state index is 11.4. The highest BCUT2D eigenvalue weighted by molar-refractivity contribution is 9.09. The first-order chi connectivity index (χ1) is 7.33. The Labute approximate surface area is 102 Å². The lowest BCUT2D eigenvalue weighted by Gasteiger charge is -2.04. The van der Waals surface area contributed by atoms with E-state index >= 15 is 0 Å². The Morgan fingerprint density at radius 3 is 3.07 bits per heavy atom. The van der Waals surface area contributed by atoms with E-state index in [9.17, 15) is 4.79 Å². The van der Waals surface area contributed by atoms with Crippen LogP contribution in [0.4, 0.5) is 0 Å². The minimum Gasteiger partial charge on any atom is -0.379 e. The van der Waals surface area contributed by atoms with Gasteiger partial charge in [0.1, 0.15) is 0 Å². The summed E-state index contributed by atoms with van der Waals surface area (Å²) in [6, 6.07) is 1.96. The van der Waals surface area contributed by atoms with Crippen LogP contribution in [0, 0.1) is 0 Å². The molecule has 1 aromatic rings. The highest BCUT2D eigenvalue weighted by atomic mass is 79.9. The quantitative estimate of drug-likeness (QED) is 0.615. The molecule has 0 atom stereocenters. The topological polar surface area (TPSA) is 38.3 Å². The molecule has 1 amide bonds. The molecule has 15 heavy (non-hydrogen) atoms. The lowest BCUT2D eigenvalue weighted by atomic mass is 10.2. The number of rotatable bonds is 7. The van der Waals surface area contributed by atoms with Crippen LogP contribution in [0.15, 0.2) is 16.8 Å². The van der Waals surface area contributed by atoms with Crippen LogP contribution in [0.25, 0.3) is 0 Å². The van der Waals surface area contributed by atoms with E-state index in [2.05, 4.69) is 21.2 Å². The lowest BCUT2D eigenvalue weighted by Crippen LogP contribution is -2.28. The largest absolute Gasteiger partial charge is 0.379 e. The van der Waals surface area contributed by atoms with Gasteiger partial charge in [0.05, 0.1) is 19.6 Å². The average molecular weight is 292 g/mol. The monoisotopic (exact) mass is 291 g/mol. The minimum atomic E-state index is 0.0517. The van der Waals surface area contributed by atoms with Gasteiger partial charge in [0, 0.05) is 11.9 Å². The summed E-state index contributed by atoms with van der Waals surface area (Å²) < 4.78 is 5.21. The van der Waals surface area contributed by atoms with E-state index in [1.807, 2.05) is 16.8 Å². The molecule has 84 valence electrons. The number of amides is 1. The van der Waals surface area contributed by atoms with Crippen LogP contribution in [0.1, 0.15) is 5.56 Å². The molecule has 0 aliphatic rings. The van der Waals surface area contributed by atoms with Crippen molar-refractivity contribution in [3.05, 3.63) is 22.4 Å². The molecule has 0 aromatic carbocycles. The molecule has 1 aromatic heterocycles. The molecular weight excluding hydrogens is 278 g/mol.